The van der Waals surface area contributed by atoms with Crippen molar-refractivity contribution in [3.63, 3.8) is 0 Å². The summed E-state index contributed by atoms with van der Waals surface area (Å²) >= 11 is 3.31. The average molecular weight is 429 g/mol. The minimum absolute atomic E-state index is 0.107. The number of likely N-dealkylation sites (tertiary alicyclic amines) is 1. The Balaban J connectivity index is 1.53. The third kappa shape index (κ3) is 4.83. The van der Waals surface area contributed by atoms with E-state index in [0.717, 1.165) is 30.2 Å². The maximum Gasteiger partial charge on any atom is 0.240 e. The first-order valence-corrected chi connectivity index (χ1v) is 11.3. The van der Waals surface area contributed by atoms with Gasteiger partial charge in [0.15, 0.2) is 0 Å². The van der Waals surface area contributed by atoms with Gasteiger partial charge in [0.1, 0.15) is 0 Å². The van der Waals surface area contributed by atoms with Crippen LogP contribution in [0.5, 0.6) is 0 Å². The zero-order valence-electron chi connectivity index (χ0n) is 14.3. The van der Waals surface area contributed by atoms with E-state index in [4.69, 9.17) is 0 Å². The molecule has 25 heavy (non-hydrogen) atoms. The molecule has 1 amide bonds. The summed E-state index contributed by atoms with van der Waals surface area (Å²) in [6.45, 7) is 1.28. The van der Waals surface area contributed by atoms with E-state index in [9.17, 15) is 13.2 Å². The molecule has 1 aliphatic carbocycles. The molecular formula is C18H25BrN2O3S. The molecule has 1 saturated heterocycles. The Hall–Kier alpha value is -0.920. The summed E-state index contributed by atoms with van der Waals surface area (Å²) in [7, 11) is -3.51. The zero-order chi connectivity index (χ0) is 17.9. The highest BCUT2D eigenvalue weighted by Gasteiger charge is 2.30. The lowest BCUT2D eigenvalue weighted by molar-refractivity contribution is -0.137. The normalized spacial score (nSPS) is 20.6. The molecule has 2 fully saturated rings. The van der Waals surface area contributed by atoms with Crippen LogP contribution in [-0.2, 0) is 14.8 Å². The highest BCUT2D eigenvalue weighted by Crippen LogP contribution is 2.27. The van der Waals surface area contributed by atoms with Crippen molar-refractivity contribution in [3.8, 4) is 0 Å². The van der Waals surface area contributed by atoms with Gasteiger partial charge in [0.2, 0.25) is 15.9 Å². The number of carbonyl (C=O) groups excluding carboxylic acids is 1. The van der Waals surface area contributed by atoms with Gasteiger partial charge in [0.25, 0.3) is 0 Å². The Kier molecular flexibility index (Phi) is 6.17. The highest BCUT2D eigenvalue weighted by atomic mass is 79.9. The van der Waals surface area contributed by atoms with Crippen LogP contribution in [0.1, 0.15) is 44.9 Å². The topological polar surface area (TPSA) is 66.5 Å². The second-order valence-electron chi connectivity index (χ2n) is 7.01. The van der Waals surface area contributed by atoms with Crippen LogP contribution in [0.4, 0.5) is 0 Å². The number of piperidine rings is 1. The van der Waals surface area contributed by atoms with Gasteiger partial charge in [0, 0.05) is 29.5 Å². The number of rotatable bonds is 4. The van der Waals surface area contributed by atoms with Gasteiger partial charge in [-0.3, -0.25) is 4.79 Å². The van der Waals surface area contributed by atoms with Crippen LogP contribution < -0.4 is 4.72 Å². The molecule has 138 valence electrons. The molecule has 0 atom stereocenters. The second-order valence-corrected chi connectivity index (χ2v) is 9.64. The van der Waals surface area contributed by atoms with Crippen molar-refractivity contribution in [2.45, 2.75) is 55.9 Å². The van der Waals surface area contributed by atoms with Crippen molar-refractivity contribution < 1.29 is 13.2 Å². The smallest absolute Gasteiger partial charge is 0.240 e. The van der Waals surface area contributed by atoms with E-state index in [0.29, 0.717) is 25.9 Å². The van der Waals surface area contributed by atoms with Gasteiger partial charge in [-0.15, -0.1) is 0 Å². The van der Waals surface area contributed by atoms with E-state index in [1.165, 1.54) is 6.42 Å². The molecule has 5 nitrogen and oxygen atoms in total. The van der Waals surface area contributed by atoms with Crippen LogP contribution in [0.25, 0.3) is 0 Å². The number of carbonyl (C=O) groups is 1. The fourth-order valence-corrected chi connectivity index (χ4v) is 5.30. The van der Waals surface area contributed by atoms with Gasteiger partial charge in [0.05, 0.1) is 4.90 Å². The van der Waals surface area contributed by atoms with Gasteiger partial charge in [-0.25, -0.2) is 13.1 Å². The van der Waals surface area contributed by atoms with Crippen LogP contribution in [0, 0.1) is 5.92 Å². The van der Waals surface area contributed by atoms with Crippen molar-refractivity contribution >= 4 is 31.9 Å². The molecular weight excluding hydrogens is 404 g/mol. The summed E-state index contributed by atoms with van der Waals surface area (Å²) in [6, 6.07) is 6.52. The van der Waals surface area contributed by atoms with E-state index < -0.39 is 10.0 Å². The third-order valence-corrected chi connectivity index (χ3v) is 7.27. The molecule has 1 heterocycles. The number of hydrogen-bond acceptors (Lipinski definition) is 3. The quantitative estimate of drug-likeness (QED) is 0.799. The van der Waals surface area contributed by atoms with Crippen molar-refractivity contribution in [1.82, 2.24) is 9.62 Å². The molecule has 2 aliphatic rings. The summed E-state index contributed by atoms with van der Waals surface area (Å²) in [5.74, 6) is 0.457. The second kappa shape index (κ2) is 8.18. The highest BCUT2D eigenvalue weighted by molar-refractivity contribution is 9.10. The SMILES string of the molecule is O=C(C1CCCCC1)N1CCC(NS(=O)(=O)c2ccc(Br)cc2)CC1. The summed E-state index contributed by atoms with van der Waals surface area (Å²) in [6.07, 6.45) is 6.91. The molecule has 3 rings (SSSR count). The maximum atomic E-state index is 12.6. The van der Waals surface area contributed by atoms with E-state index in [1.54, 1.807) is 24.3 Å². The fourth-order valence-electron chi connectivity index (χ4n) is 3.73. The maximum absolute atomic E-state index is 12.6. The molecule has 1 aromatic carbocycles. The Labute approximate surface area is 158 Å². The zero-order valence-corrected chi connectivity index (χ0v) is 16.7. The van der Waals surface area contributed by atoms with E-state index in [-0.39, 0.29) is 22.8 Å². The van der Waals surface area contributed by atoms with Gasteiger partial charge >= 0.3 is 0 Å². The molecule has 1 saturated carbocycles. The minimum Gasteiger partial charge on any atom is -0.342 e. The first-order valence-electron chi connectivity index (χ1n) is 9.02. The van der Waals surface area contributed by atoms with Crippen molar-refractivity contribution in [1.29, 1.82) is 0 Å². The molecule has 0 radical (unpaired) electrons. The molecule has 1 N–H and O–H groups in total. The van der Waals surface area contributed by atoms with Crippen LogP contribution in [-0.4, -0.2) is 38.4 Å². The van der Waals surface area contributed by atoms with E-state index in [2.05, 4.69) is 20.7 Å². The monoisotopic (exact) mass is 428 g/mol. The van der Waals surface area contributed by atoms with E-state index in [1.807, 2.05) is 4.90 Å². The Bertz CT molecular complexity index is 692. The predicted molar refractivity (Wildman–Crippen MR) is 101 cm³/mol. The first-order chi connectivity index (χ1) is 12.0. The van der Waals surface area contributed by atoms with Crippen molar-refractivity contribution in [3.05, 3.63) is 28.7 Å². The lowest BCUT2D eigenvalue weighted by atomic mass is 9.87. The molecule has 1 aliphatic heterocycles. The first kappa shape index (κ1) is 18.9. The average Bonchev–Trinajstić information content (AvgIpc) is 2.62. The fraction of sp³-hybridized carbons (Fsp3) is 0.611. The number of halogens is 1. The van der Waals surface area contributed by atoms with Crippen LogP contribution in [0.2, 0.25) is 0 Å². The lowest BCUT2D eigenvalue weighted by Crippen LogP contribution is -2.48. The molecule has 0 spiro atoms. The molecule has 1 aromatic rings. The van der Waals surface area contributed by atoms with Crippen molar-refractivity contribution in [2.24, 2.45) is 5.92 Å². The number of sulfonamides is 1. The summed E-state index contributed by atoms with van der Waals surface area (Å²) in [5, 5.41) is 0. The van der Waals surface area contributed by atoms with Gasteiger partial charge < -0.3 is 4.90 Å². The summed E-state index contributed by atoms with van der Waals surface area (Å²) in [4.78, 5) is 14.8. The summed E-state index contributed by atoms with van der Waals surface area (Å²) < 4.78 is 28.6. The molecule has 7 heteroatoms. The third-order valence-electron chi connectivity index (χ3n) is 5.21. The molecule has 0 aromatic heterocycles. The van der Waals surface area contributed by atoms with Crippen molar-refractivity contribution in [2.75, 3.05) is 13.1 Å². The summed E-state index contributed by atoms with van der Waals surface area (Å²) in [5.41, 5.74) is 0. The van der Waals surface area contributed by atoms with Gasteiger partial charge in [-0.05, 0) is 49.9 Å². The Morgan fingerprint density at radius 3 is 2.20 bits per heavy atom. The van der Waals surface area contributed by atoms with Crippen LogP contribution in [0.15, 0.2) is 33.6 Å². The van der Waals surface area contributed by atoms with Crippen LogP contribution in [0.3, 0.4) is 0 Å². The number of nitrogens with zero attached hydrogens (tertiary/aromatic N) is 1. The minimum atomic E-state index is -3.51. The number of benzene rings is 1. The standard InChI is InChI=1S/C18H25BrN2O3S/c19-15-6-8-17(9-7-15)25(23,24)20-16-10-12-21(13-11-16)18(22)14-4-2-1-3-5-14/h6-9,14,16,20H,1-5,10-13H2. The van der Waals surface area contributed by atoms with E-state index >= 15 is 0 Å². The lowest BCUT2D eigenvalue weighted by Gasteiger charge is -2.35. The van der Waals surface area contributed by atoms with Gasteiger partial charge in [-0.1, -0.05) is 35.2 Å². The molecule has 0 bridgehead atoms. The van der Waals surface area contributed by atoms with Gasteiger partial charge in [-0.2, -0.15) is 0 Å². The Morgan fingerprint density at radius 2 is 1.60 bits per heavy atom. The van der Waals surface area contributed by atoms with Crippen LogP contribution >= 0.6 is 15.9 Å². The number of nitrogens with one attached hydrogen (secondary N) is 1. The molecule has 0 unspecified atom stereocenters. The Morgan fingerprint density at radius 1 is 1.00 bits per heavy atom. The number of amides is 1. The number of hydrogen-bond donors (Lipinski definition) is 1. The largest absolute Gasteiger partial charge is 0.342 e. The predicted octanol–water partition coefficient (Wildman–Crippen LogP) is 3.30.